The number of esters is 3. The van der Waals surface area contributed by atoms with E-state index in [0.717, 1.165) is 83.5 Å². The minimum absolute atomic E-state index is 0.146. The van der Waals surface area contributed by atoms with E-state index in [1.165, 1.54) is 0 Å². The van der Waals surface area contributed by atoms with Gasteiger partial charge in [-0.1, -0.05) is 192 Å². The van der Waals surface area contributed by atoms with Crippen molar-refractivity contribution in [3.05, 3.63) is 158 Å². The van der Waals surface area contributed by atoms with Crippen LogP contribution in [0.2, 0.25) is 0 Å². The normalized spacial score (nSPS) is 13.6. The summed E-state index contributed by atoms with van der Waals surface area (Å²) in [6.45, 7) is 6.05. The summed E-state index contributed by atoms with van der Waals surface area (Å²) in [4.78, 5) is 37.7. The molecular weight excluding hydrogens is 745 g/mol. The van der Waals surface area contributed by atoms with Gasteiger partial charge in [0.25, 0.3) is 0 Å². The number of carbonyl (C=O) groups excluding carboxylic acids is 3. The molecule has 1 atom stereocenters. The predicted octanol–water partition coefficient (Wildman–Crippen LogP) is 14.7. The summed E-state index contributed by atoms with van der Waals surface area (Å²) in [7, 11) is 0. The summed E-state index contributed by atoms with van der Waals surface area (Å²) in [5, 5.41) is 0. The molecule has 0 aromatic carbocycles. The second kappa shape index (κ2) is 46.7. The highest BCUT2D eigenvalue weighted by molar-refractivity contribution is 5.71. The van der Waals surface area contributed by atoms with Gasteiger partial charge in [0.2, 0.25) is 0 Å². The van der Waals surface area contributed by atoms with Crippen molar-refractivity contribution in [2.75, 3.05) is 13.2 Å². The topological polar surface area (TPSA) is 78.9 Å². The summed E-state index contributed by atoms with van der Waals surface area (Å²) in [6.07, 6.45) is 68.1. The number of ether oxygens (including phenoxy) is 3. The van der Waals surface area contributed by atoms with Crippen LogP contribution in [0.1, 0.15) is 143 Å². The van der Waals surface area contributed by atoms with Crippen molar-refractivity contribution in [3.8, 4) is 0 Å². The lowest BCUT2D eigenvalue weighted by molar-refractivity contribution is -0.166. The fraction of sp³-hybridized carbons (Fsp3) is 0.463. The molecule has 0 aliphatic carbocycles. The molecular formula is C54H78O6. The molecule has 0 saturated carbocycles. The maximum atomic E-state index is 12.7. The van der Waals surface area contributed by atoms with Crippen LogP contribution in [0.25, 0.3) is 0 Å². The lowest BCUT2D eigenvalue weighted by Crippen LogP contribution is -2.30. The lowest BCUT2D eigenvalue weighted by Gasteiger charge is -2.18. The van der Waals surface area contributed by atoms with E-state index < -0.39 is 6.10 Å². The van der Waals surface area contributed by atoms with Crippen LogP contribution in [0, 0.1) is 0 Å². The molecule has 330 valence electrons. The Bertz CT molecular complexity index is 1460. The van der Waals surface area contributed by atoms with Crippen LogP contribution in [0.5, 0.6) is 0 Å². The number of hydrogen-bond donors (Lipinski definition) is 0. The first kappa shape index (κ1) is 55.0. The molecule has 0 fully saturated rings. The maximum Gasteiger partial charge on any atom is 0.306 e. The van der Waals surface area contributed by atoms with Gasteiger partial charge in [0.1, 0.15) is 13.2 Å². The zero-order valence-corrected chi connectivity index (χ0v) is 37.4. The molecule has 0 radical (unpaired) electrons. The molecule has 0 N–H and O–H groups in total. The minimum atomic E-state index is -0.851. The summed E-state index contributed by atoms with van der Waals surface area (Å²) in [6, 6.07) is 0. The van der Waals surface area contributed by atoms with Gasteiger partial charge >= 0.3 is 17.9 Å². The molecule has 0 aromatic heterocycles. The zero-order chi connectivity index (χ0) is 43.7. The van der Waals surface area contributed by atoms with Crippen molar-refractivity contribution in [1.29, 1.82) is 0 Å². The summed E-state index contributed by atoms with van der Waals surface area (Å²) in [5.74, 6) is -1.13. The van der Waals surface area contributed by atoms with Gasteiger partial charge in [0, 0.05) is 19.3 Å². The zero-order valence-electron chi connectivity index (χ0n) is 37.4. The fourth-order valence-electron chi connectivity index (χ4n) is 5.16. The number of allylic oxidation sites excluding steroid dienone is 26. The van der Waals surface area contributed by atoms with Crippen molar-refractivity contribution in [2.24, 2.45) is 0 Å². The number of unbranched alkanes of at least 4 members (excludes halogenated alkanes) is 6. The van der Waals surface area contributed by atoms with Gasteiger partial charge in [-0.3, -0.25) is 14.4 Å². The average molecular weight is 823 g/mol. The quantitative estimate of drug-likeness (QED) is 0.0204. The summed E-state index contributed by atoms with van der Waals surface area (Å²) >= 11 is 0. The molecule has 0 aromatic rings. The molecule has 6 nitrogen and oxygen atoms in total. The van der Waals surface area contributed by atoms with Crippen LogP contribution in [-0.4, -0.2) is 37.2 Å². The van der Waals surface area contributed by atoms with Gasteiger partial charge in [-0.2, -0.15) is 0 Å². The van der Waals surface area contributed by atoms with Gasteiger partial charge in [-0.05, 0) is 89.9 Å². The Morgan fingerprint density at radius 2 is 0.717 bits per heavy atom. The Hall–Kier alpha value is -4.97. The van der Waals surface area contributed by atoms with E-state index >= 15 is 0 Å². The fourth-order valence-corrected chi connectivity index (χ4v) is 5.16. The van der Waals surface area contributed by atoms with Crippen molar-refractivity contribution in [3.63, 3.8) is 0 Å². The first-order valence-corrected chi connectivity index (χ1v) is 22.6. The highest BCUT2D eigenvalue weighted by Gasteiger charge is 2.19. The summed E-state index contributed by atoms with van der Waals surface area (Å²) in [5.41, 5.74) is 0. The van der Waals surface area contributed by atoms with Gasteiger partial charge in [-0.15, -0.1) is 0 Å². The molecule has 0 aliphatic rings. The average Bonchev–Trinajstić information content (AvgIpc) is 3.24. The Morgan fingerprint density at radius 3 is 1.17 bits per heavy atom. The predicted molar refractivity (Wildman–Crippen MR) is 255 cm³/mol. The largest absolute Gasteiger partial charge is 0.462 e. The second-order valence-electron chi connectivity index (χ2n) is 14.0. The Morgan fingerprint density at radius 1 is 0.350 bits per heavy atom. The third kappa shape index (κ3) is 44.1. The van der Waals surface area contributed by atoms with E-state index in [2.05, 4.69) is 93.7 Å². The number of hydrogen-bond acceptors (Lipinski definition) is 6. The van der Waals surface area contributed by atoms with Crippen LogP contribution in [0.15, 0.2) is 158 Å². The molecule has 0 aliphatic heterocycles. The highest BCUT2D eigenvalue weighted by atomic mass is 16.6. The summed E-state index contributed by atoms with van der Waals surface area (Å²) < 4.78 is 16.6. The second-order valence-corrected chi connectivity index (χ2v) is 14.0. The first-order chi connectivity index (χ1) is 29.5. The SMILES string of the molecule is CC\C=C/C=C\C=C/C=C\CCCCCC(=O)OCC(COC(=O)CC/C=C\C/C=C\C/C=C\C/C=C\C/C=C\CC)OC(=O)CCCCC\C=C/C=C\C=C/C=C\CC. The molecule has 0 saturated heterocycles. The standard InChI is InChI=1S/C54H78O6/c1-4-7-10-13-16-19-22-25-26-27-30-32-35-38-41-44-47-53(56)59-50-51(60-54(57)48-45-42-39-36-33-29-24-21-18-15-12-9-6-3)49-58-52(55)46-43-40-37-34-31-28-23-20-17-14-11-8-5-2/h7-12,14-21,23-26,28-33,38,41,51H,4-6,13,22,27,34-37,39-40,42-50H2,1-3H3/b10-7-,11-8-,12-9-,17-14-,18-15-,19-16-,23-20-,24-21-,26-25-,31-28-,32-30-,33-29-,41-38-. The van der Waals surface area contributed by atoms with Crippen LogP contribution in [0.4, 0.5) is 0 Å². The Labute approximate surface area is 365 Å². The molecule has 0 rings (SSSR count). The highest BCUT2D eigenvalue weighted by Crippen LogP contribution is 2.10. The lowest BCUT2D eigenvalue weighted by atomic mass is 10.1. The molecule has 60 heavy (non-hydrogen) atoms. The van der Waals surface area contributed by atoms with E-state index in [-0.39, 0.29) is 50.4 Å². The van der Waals surface area contributed by atoms with Crippen LogP contribution < -0.4 is 0 Å². The smallest absolute Gasteiger partial charge is 0.306 e. The van der Waals surface area contributed by atoms with E-state index in [1.54, 1.807) is 0 Å². The van der Waals surface area contributed by atoms with Crippen LogP contribution in [0.3, 0.4) is 0 Å². The van der Waals surface area contributed by atoms with Crippen molar-refractivity contribution in [2.45, 2.75) is 149 Å². The molecule has 0 bridgehead atoms. The Kier molecular flexibility index (Phi) is 42.8. The Balaban J connectivity index is 4.67. The van der Waals surface area contributed by atoms with Gasteiger partial charge in [0.05, 0.1) is 0 Å². The van der Waals surface area contributed by atoms with Crippen molar-refractivity contribution in [1.82, 2.24) is 0 Å². The van der Waals surface area contributed by atoms with Gasteiger partial charge in [0.15, 0.2) is 6.10 Å². The molecule has 1 unspecified atom stereocenters. The number of rotatable bonds is 37. The van der Waals surface area contributed by atoms with Gasteiger partial charge in [-0.25, -0.2) is 0 Å². The maximum absolute atomic E-state index is 12.7. The van der Waals surface area contributed by atoms with Gasteiger partial charge < -0.3 is 14.2 Å². The third-order valence-corrected chi connectivity index (χ3v) is 8.46. The first-order valence-electron chi connectivity index (χ1n) is 22.6. The third-order valence-electron chi connectivity index (χ3n) is 8.46. The monoisotopic (exact) mass is 823 g/mol. The minimum Gasteiger partial charge on any atom is -0.462 e. The molecule has 0 heterocycles. The van der Waals surface area contributed by atoms with E-state index in [4.69, 9.17) is 14.2 Å². The van der Waals surface area contributed by atoms with Crippen molar-refractivity contribution >= 4 is 17.9 Å². The van der Waals surface area contributed by atoms with Crippen LogP contribution >= 0.6 is 0 Å². The number of carbonyl (C=O) groups is 3. The van der Waals surface area contributed by atoms with E-state index in [0.29, 0.717) is 19.3 Å². The van der Waals surface area contributed by atoms with E-state index in [1.807, 2.05) is 85.1 Å². The van der Waals surface area contributed by atoms with E-state index in [9.17, 15) is 14.4 Å². The molecule has 0 amide bonds. The molecule has 0 spiro atoms. The van der Waals surface area contributed by atoms with Crippen molar-refractivity contribution < 1.29 is 28.6 Å². The van der Waals surface area contributed by atoms with Crippen LogP contribution in [-0.2, 0) is 28.6 Å². The molecule has 6 heteroatoms.